The molecule has 0 aromatic heterocycles. The maximum absolute atomic E-state index is 12.7. The number of carbonyl (C=O) groups excluding carboxylic acids is 3. The van der Waals surface area contributed by atoms with Crippen molar-refractivity contribution in [3.8, 4) is 0 Å². The van der Waals surface area contributed by atoms with Gasteiger partial charge in [0.25, 0.3) is 0 Å². The van der Waals surface area contributed by atoms with Gasteiger partial charge in [0.2, 0.25) is 17.7 Å². The highest BCUT2D eigenvalue weighted by molar-refractivity contribution is 9.10. The van der Waals surface area contributed by atoms with Crippen molar-refractivity contribution in [1.82, 2.24) is 4.90 Å². The summed E-state index contributed by atoms with van der Waals surface area (Å²) in [5, 5.41) is 2.78. The number of hydrogen-bond acceptors (Lipinski definition) is 3. The van der Waals surface area contributed by atoms with Gasteiger partial charge in [-0.15, -0.1) is 0 Å². The van der Waals surface area contributed by atoms with Gasteiger partial charge in [-0.3, -0.25) is 19.3 Å². The monoisotopic (exact) mass is 390 g/mol. The molecule has 5 nitrogen and oxygen atoms in total. The molecule has 1 aliphatic heterocycles. The fraction of sp³-hybridized carbons (Fsp3) is 0.500. The van der Waals surface area contributed by atoms with Gasteiger partial charge in [0.1, 0.15) is 6.04 Å². The van der Waals surface area contributed by atoms with E-state index in [0.29, 0.717) is 17.5 Å². The zero-order valence-corrected chi connectivity index (χ0v) is 15.0. The molecule has 2 aliphatic carbocycles. The van der Waals surface area contributed by atoms with E-state index in [0.717, 1.165) is 23.7 Å². The number of hydrogen-bond donors (Lipinski definition) is 1. The van der Waals surface area contributed by atoms with Crippen molar-refractivity contribution < 1.29 is 14.4 Å². The van der Waals surface area contributed by atoms with Crippen LogP contribution >= 0.6 is 15.9 Å². The first-order valence-corrected chi connectivity index (χ1v) is 9.20. The molecule has 3 fully saturated rings. The molecule has 1 aromatic carbocycles. The fourth-order valence-corrected chi connectivity index (χ4v) is 4.98. The molecule has 1 saturated heterocycles. The second kappa shape index (κ2) is 5.69. The third kappa shape index (κ3) is 2.31. The Labute approximate surface area is 148 Å². The number of rotatable bonds is 3. The summed E-state index contributed by atoms with van der Waals surface area (Å²) in [6, 6.07) is 6.43. The molecule has 2 bridgehead atoms. The van der Waals surface area contributed by atoms with E-state index in [1.807, 2.05) is 12.1 Å². The summed E-state index contributed by atoms with van der Waals surface area (Å²) in [7, 11) is 0. The second-order valence-electron chi connectivity index (χ2n) is 7.10. The minimum absolute atomic E-state index is 0.143. The first-order valence-electron chi connectivity index (χ1n) is 8.40. The molecule has 1 N–H and O–H groups in total. The normalized spacial score (nSPS) is 32.2. The Bertz CT molecular complexity index is 689. The molecular weight excluding hydrogens is 372 g/mol. The summed E-state index contributed by atoms with van der Waals surface area (Å²) in [5.74, 6) is -0.303. The molecule has 5 atom stereocenters. The van der Waals surface area contributed by atoms with E-state index in [4.69, 9.17) is 0 Å². The van der Waals surface area contributed by atoms with Crippen LogP contribution in [0.4, 0.5) is 5.69 Å². The highest BCUT2D eigenvalue weighted by Gasteiger charge is 2.62. The van der Waals surface area contributed by atoms with Gasteiger partial charge in [0.15, 0.2) is 0 Å². The lowest BCUT2D eigenvalue weighted by Gasteiger charge is -2.23. The summed E-state index contributed by atoms with van der Waals surface area (Å²) in [6.07, 6.45) is 3.08. The molecule has 3 amide bonds. The summed E-state index contributed by atoms with van der Waals surface area (Å²) in [6.45, 7) is 1.63. The zero-order chi connectivity index (χ0) is 17.0. The molecule has 4 rings (SSSR count). The third-order valence-corrected chi connectivity index (χ3v) is 6.37. The lowest BCUT2D eigenvalue weighted by Crippen LogP contribution is -2.46. The Morgan fingerprint density at radius 2 is 1.67 bits per heavy atom. The average Bonchev–Trinajstić information content (AvgIpc) is 3.23. The second-order valence-corrected chi connectivity index (χ2v) is 8.02. The van der Waals surface area contributed by atoms with Crippen molar-refractivity contribution in [3.63, 3.8) is 0 Å². The molecule has 3 aliphatic rings. The Balaban J connectivity index is 1.51. The number of imide groups is 1. The van der Waals surface area contributed by atoms with Crippen molar-refractivity contribution in [1.29, 1.82) is 0 Å². The predicted molar refractivity (Wildman–Crippen MR) is 91.9 cm³/mol. The number of nitrogens with one attached hydrogen (secondary N) is 1. The molecule has 24 heavy (non-hydrogen) atoms. The van der Waals surface area contributed by atoms with Crippen LogP contribution in [0, 0.1) is 23.7 Å². The first kappa shape index (κ1) is 15.8. The number of benzene rings is 1. The summed E-state index contributed by atoms with van der Waals surface area (Å²) in [5.41, 5.74) is 0.648. The molecule has 0 spiro atoms. The highest BCUT2D eigenvalue weighted by atomic mass is 79.9. The zero-order valence-electron chi connectivity index (χ0n) is 13.4. The van der Waals surface area contributed by atoms with Crippen molar-refractivity contribution in [3.05, 3.63) is 28.7 Å². The van der Waals surface area contributed by atoms with Gasteiger partial charge in [-0.05, 0) is 62.3 Å². The van der Waals surface area contributed by atoms with Crippen molar-refractivity contribution in [2.75, 3.05) is 5.32 Å². The van der Waals surface area contributed by atoms with Crippen molar-refractivity contribution in [2.45, 2.75) is 32.2 Å². The maximum Gasteiger partial charge on any atom is 0.247 e. The van der Waals surface area contributed by atoms with E-state index in [2.05, 4.69) is 21.2 Å². The maximum atomic E-state index is 12.7. The fourth-order valence-electron chi connectivity index (χ4n) is 4.71. The molecule has 1 heterocycles. The van der Waals surface area contributed by atoms with E-state index in [-0.39, 0.29) is 29.6 Å². The Hall–Kier alpha value is -1.69. The predicted octanol–water partition coefficient (Wildman–Crippen LogP) is 2.81. The first-order chi connectivity index (χ1) is 11.5. The van der Waals surface area contributed by atoms with Gasteiger partial charge < -0.3 is 5.32 Å². The lowest BCUT2D eigenvalue weighted by atomic mass is 9.81. The van der Waals surface area contributed by atoms with Crippen LogP contribution in [0.2, 0.25) is 0 Å². The van der Waals surface area contributed by atoms with E-state index in [1.165, 1.54) is 4.90 Å². The Morgan fingerprint density at radius 3 is 2.21 bits per heavy atom. The minimum atomic E-state index is -0.779. The van der Waals surface area contributed by atoms with Crippen LogP contribution in [0.3, 0.4) is 0 Å². The summed E-state index contributed by atoms with van der Waals surface area (Å²) < 4.78 is 0.918. The van der Waals surface area contributed by atoms with Crippen LogP contribution in [0.15, 0.2) is 28.7 Å². The Kier molecular flexibility index (Phi) is 3.75. The number of likely N-dealkylation sites (tertiary alicyclic amines) is 1. The van der Waals surface area contributed by atoms with Gasteiger partial charge in [-0.2, -0.15) is 0 Å². The molecular formula is C18H19BrN2O3. The molecule has 6 heteroatoms. The van der Waals surface area contributed by atoms with Crippen LogP contribution in [0.25, 0.3) is 0 Å². The standard InChI is InChI=1S/C18H19BrN2O3/c1-9(16(22)20-13-6-4-12(19)5-7-13)21-17(23)14-10-2-3-11(8-10)15(14)18(21)24/h4-7,9-11,14-15H,2-3,8H2,1H3,(H,20,22)/t9-,10+,11+,14-,15+/m1/s1. The molecule has 126 valence electrons. The van der Waals surface area contributed by atoms with Gasteiger partial charge in [-0.25, -0.2) is 0 Å². The van der Waals surface area contributed by atoms with E-state index in [9.17, 15) is 14.4 Å². The molecule has 0 unspecified atom stereocenters. The van der Waals surface area contributed by atoms with Gasteiger partial charge >= 0.3 is 0 Å². The Morgan fingerprint density at radius 1 is 1.12 bits per heavy atom. The van der Waals surface area contributed by atoms with Crippen LogP contribution < -0.4 is 5.32 Å². The van der Waals surface area contributed by atoms with E-state index in [1.54, 1.807) is 19.1 Å². The molecule has 1 aromatic rings. The van der Waals surface area contributed by atoms with Gasteiger partial charge in [0, 0.05) is 10.2 Å². The van der Waals surface area contributed by atoms with Gasteiger partial charge in [-0.1, -0.05) is 15.9 Å². The van der Waals surface area contributed by atoms with Crippen LogP contribution in [0.1, 0.15) is 26.2 Å². The lowest BCUT2D eigenvalue weighted by molar-refractivity contribution is -0.146. The van der Waals surface area contributed by atoms with Crippen molar-refractivity contribution >= 4 is 39.3 Å². The molecule has 0 radical (unpaired) electrons. The van der Waals surface area contributed by atoms with Gasteiger partial charge in [0.05, 0.1) is 11.8 Å². The largest absolute Gasteiger partial charge is 0.324 e. The average molecular weight is 391 g/mol. The summed E-state index contributed by atoms with van der Waals surface area (Å²) >= 11 is 3.34. The van der Waals surface area contributed by atoms with E-state index < -0.39 is 6.04 Å². The number of carbonyl (C=O) groups is 3. The smallest absolute Gasteiger partial charge is 0.247 e. The number of anilines is 1. The highest BCUT2D eigenvalue weighted by Crippen LogP contribution is 2.56. The minimum Gasteiger partial charge on any atom is -0.324 e. The molecule has 2 saturated carbocycles. The van der Waals surface area contributed by atoms with E-state index >= 15 is 0 Å². The van der Waals surface area contributed by atoms with Crippen LogP contribution in [-0.4, -0.2) is 28.7 Å². The number of halogens is 1. The van der Waals surface area contributed by atoms with Crippen LogP contribution in [-0.2, 0) is 14.4 Å². The number of nitrogens with zero attached hydrogens (tertiary/aromatic N) is 1. The number of amides is 3. The number of fused-ring (bicyclic) bond motifs is 5. The SMILES string of the molecule is C[C@H](C(=O)Nc1ccc(Br)cc1)N1C(=O)[C@@H]2[C@H]3CC[C@@H](C3)[C@@H]2C1=O. The van der Waals surface area contributed by atoms with Crippen molar-refractivity contribution in [2.24, 2.45) is 23.7 Å². The quantitative estimate of drug-likeness (QED) is 0.806. The third-order valence-electron chi connectivity index (χ3n) is 5.84. The topological polar surface area (TPSA) is 66.5 Å². The van der Waals surface area contributed by atoms with Crippen LogP contribution in [0.5, 0.6) is 0 Å². The summed E-state index contributed by atoms with van der Waals surface area (Å²) in [4.78, 5) is 39.2.